The Kier molecular flexibility index (Phi) is 3.31. The number of rotatable bonds is 2. The molecule has 0 fully saturated rings. The van der Waals surface area contributed by atoms with Crippen molar-refractivity contribution in [2.75, 3.05) is 11.5 Å². The number of aromatic amines is 1. The van der Waals surface area contributed by atoms with E-state index in [-0.39, 0.29) is 24.0 Å². The summed E-state index contributed by atoms with van der Waals surface area (Å²) in [7, 11) is 0. The van der Waals surface area contributed by atoms with Gasteiger partial charge in [-0.1, -0.05) is 11.6 Å². The molecule has 0 spiro atoms. The molecule has 2 N–H and O–H groups in total. The number of aromatic hydroxyl groups is 1. The van der Waals surface area contributed by atoms with Gasteiger partial charge in [0.2, 0.25) is 5.82 Å². The van der Waals surface area contributed by atoms with Crippen LogP contribution in [0.25, 0.3) is 11.4 Å². The maximum absolute atomic E-state index is 12.4. The van der Waals surface area contributed by atoms with Crippen molar-refractivity contribution in [2.45, 2.75) is 0 Å². The third kappa shape index (κ3) is 2.33. The highest BCUT2D eigenvalue weighted by Crippen LogP contribution is 2.43. The molecule has 0 unspecified atom stereocenters. The Hall–Kier alpha value is -3.13. The minimum absolute atomic E-state index is 0.0643. The highest BCUT2D eigenvalue weighted by Gasteiger charge is 2.29. The number of H-pyrrole nitrogens is 1. The first kappa shape index (κ1) is 14.5. The summed E-state index contributed by atoms with van der Waals surface area (Å²) < 4.78 is 5.46. The number of tetrazole rings is 1. The van der Waals surface area contributed by atoms with Crippen LogP contribution in [0.4, 0.5) is 11.4 Å². The van der Waals surface area contributed by atoms with Gasteiger partial charge in [0.05, 0.1) is 11.4 Å². The molecule has 0 atom stereocenters. The lowest BCUT2D eigenvalue weighted by Crippen LogP contribution is -2.35. The Morgan fingerprint density at radius 2 is 2.08 bits per heavy atom. The lowest BCUT2D eigenvalue weighted by Gasteiger charge is -2.30. The van der Waals surface area contributed by atoms with Crippen molar-refractivity contribution < 1.29 is 14.6 Å². The molecule has 0 saturated heterocycles. The Labute approximate surface area is 140 Å². The number of fused-ring (bicyclic) bond motifs is 1. The molecule has 120 valence electrons. The van der Waals surface area contributed by atoms with Gasteiger partial charge in [-0.25, -0.2) is 0 Å². The van der Waals surface area contributed by atoms with Crippen molar-refractivity contribution in [3.8, 4) is 22.9 Å². The molecule has 3 aromatic rings. The predicted molar refractivity (Wildman–Crippen MR) is 85.4 cm³/mol. The standard InChI is InChI=1S/C15H10ClN5O3/c16-9-2-3-12(22)10(6-9)21-11-5-8(15-17-19-20-18-15)1-4-13(11)24-7-14(21)23/h1-6,22H,7H2,(H,17,18,19,20). The van der Waals surface area contributed by atoms with Crippen molar-refractivity contribution in [3.05, 3.63) is 41.4 Å². The minimum Gasteiger partial charge on any atom is -0.506 e. The van der Waals surface area contributed by atoms with Crippen molar-refractivity contribution in [2.24, 2.45) is 0 Å². The summed E-state index contributed by atoms with van der Waals surface area (Å²) in [6, 6.07) is 9.66. The van der Waals surface area contributed by atoms with Crippen LogP contribution in [0.2, 0.25) is 5.02 Å². The van der Waals surface area contributed by atoms with E-state index in [1.165, 1.54) is 17.0 Å². The number of phenols is 1. The molecule has 9 heteroatoms. The third-order valence-corrected chi connectivity index (χ3v) is 3.82. The molecule has 1 amide bonds. The second-order valence-electron chi connectivity index (χ2n) is 5.07. The zero-order valence-electron chi connectivity index (χ0n) is 12.1. The molecule has 0 aliphatic carbocycles. The number of amides is 1. The molecule has 0 bridgehead atoms. The summed E-state index contributed by atoms with van der Waals surface area (Å²) in [5.74, 6) is 0.489. The van der Waals surface area contributed by atoms with Gasteiger partial charge in [0.25, 0.3) is 5.91 Å². The lowest BCUT2D eigenvalue weighted by molar-refractivity contribution is -0.120. The quantitative estimate of drug-likeness (QED) is 0.739. The summed E-state index contributed by atoms with van der Waals surface area (Å²) in [5.41, 5.74) is 1.39. The fourth-order valence-electron chi connectivity index (χ4n) is 2.52. The van der Waals surface area contributed by atoms with Gasteiger partial charge in [-0.05, 0) is 41.6 Å². The molecule has 1 aliphatic heterocycles. The molecule has 4 rings (SSSR count). The summed E-state index contributed by atoms with van der Waals surface area (Å²) >= 11 is 6.01. The highest BCUT2D eigenvalue weighted by atomic mass is 35.5. The molecule has 2 aromatic carbocycles. The number of nitrogens with one attached hydrogen (secondary N) is 1. The number of phenolic OH excluding ortho intramolecular Hbond substituents is 1. The Morgan fingerprint density at radius 3 is 2.88 bits per heavy atom. The molecular weight excluding hydrogens is 334 g/mol. The van der Waals surface area contributed by atoms with Crippen LogP contribution in [0.1, 0.15) is 0 Å². The van der Waals surface area contributed by atoms with Gasteiger partial charge in [0.15, 0.2) is 6.61 Å². The lowest BCUT2D eigenvalue weighted by atomic mass is 10.1. The zero-order valence-corrected chi connectivity index (χ0v) is 12.9. The molecule has 1 aromatic heterocycles. The maximum atomic E-state index is 12.4. The number of hydrogen-bond acceptors (Lipinski definition) is 6. The fraction of sp³-hybridized carbons (Fsp3) is 0.0667. The first-order valence-corrected chi connectivity index (χ1v) is 7.33. The van der Waals surface area contributed by atoms with Gasteiger partial charge >= 0.3 is 0 Å². The number of aromatic nitrogens is 4. The van der Waals surface area contributed by atoms with Gasteiger partial charge in [-0.15, -0.1) is 10.2 Å². The summed E-state index contributed by atoms with van der Waals surface area (Å²) in [6.07, 6.45) is 0. The largest absolute Gasteiger partial charge is 0.506 e. The smallest absolute Gasteiger partial charge is 0.269 e. The molecular formula is C15H10ClN5O3. The maximum Gasteiger partial charge on any atom is 0.269 e. The zero-order chi connectivity index (χ0) is 16.7. The van der Waals surface area contributed by atoms with Crippen LogP contribution in [0.15, 0.2) is 36.4 Å². The van der Waals surface area contributed by atoms with E-state index in [4.69, 9.17) is 16.3 Å². The Bertz CT molecular complexity index is 929. The van der Waals surface area contributed by atoms with E-state index in [1.807, 2.05) is 0 Å². The van der Waals surface area contributed by atoms with Gasteiger partial charge in [0, 0.05) is 10.6 Å². The normalized spacial score (nSPS) is 13.5. The predicted octanol–water partition coefficient (Wildman–Crippen LogP) is 2.28. The van der Waals surface area contributed by atoms with E-state index in [2.05, 4.69) is 20.6 Å². The van der Waals surface area contributed by atoms with Gasteiger partial charge in [-0.2, -0.15) is 5.21 Å². The second-order valence-corrected chi connectivity index (χ2v) is 5.51. The van der Waals surface area contributed by atoms with Crippen LogP contribution in [0.3, 0.4) is 0 Å². The van der Waals surface area contributed by atoms with E-state index in [0.29, 0.717) is 27.8 Å². The van der Waals surface area contributed by atoms with Crippen LogP contribution in [0, 0.1) is 0 Å². The minimum atomic E-state index is -0.328. The first-order chi connectivity index (χ1) is 11.6. The van der Waals surface area contributed by atoms with E-state index in [0.717, 1.165) is 0 Å². The molecule has 24 heavy (non-hydrogen) atoms. The molecule has 8 nitrogen and oxygen atoms in total. The summed E-state index contributed by atoms with van der Waals surface area (Å²) in [4.78, 5) is 13.8. The molecule has 2 heterocycles. The van der Waals surface area contributed by atoms with E-state index in [1.54, 1.807) is 24.3 Å². The highest BCUT2D eigenvalue weighted by molar-refractivity contribution is 6.31. The Balaban J connectivity index is 1.89. The van der Waals surface area contributed by atoms with Crippen molar-refractivity contribution in [1.29, 1.82) is 0 Å². The van der Waals surface area contributed by atoms with E-state index in [9.17, 15) is 9.90 Å². The van der Waals surface area contributed by atoms with Crippen LogP contribution >= 0.6 is 11.6 Å². The summed E-state index contributed by atoms with van der Waals surface area (Å²) in [6.45, 7) is -0.138. The van der Waals surface area contributed by atoms with Crippen LogP contribution in [-0.2, 0) is 4.79 Å². The van der Waals surface area contributed by atoms with Crippen LogP contribution in [0.5, 0.6) is 11.5 Å². The summed E-state index contributed by atoms with van der Waals surface area (Å²) in [5, 5.41) is 24.3. The van der Waals surface area contributed by atoms with Crippen molar-refractivity contribution in [1.82, 2.24) is 20.6 Å². The number of halogens is 1. The van der Waals surface area contributed by atoms with E-state index >= 15 is 0 Å². The van der Waals surface area contributed by atoms with Crippen LogP contribution < -0.4 is 9.64 Å². The third-order valence-electron chi connectivity index (χ3n) is 3.58. The SMILES string of the molecule is O=C1COc2ccc(-c3nn[nH]n3)cc2N1c1cc(Cl)ccc1O. The number of hydrogen-bond donors (Lipinski definition) is 2. The average Bonchev–Trinajstić information content (AvgIpc) is 3.11. The number of anilines is 2. The Morgan fingerprint density at radius 1 is 1.21 bits per heavy atom. The average molecular weight is 344 g/mol. The number of carbonyl (C=O) groups excluding carboxylic acids is 1. The number of benzene rings is 2. The van der Waals surface area contributed by atoms with Gasteiger partial charge in [0.1, 0.15) is 11.5 Å². The van der Waals surface area contributed by atoms with Crippen molar-refractivity contribution in [3.63, 3.8) is 0 Å². The molecule has 1 aliphatic rings. The van der Waals surface area contributed by atoms with Gasteiger partial charge in [-0.3, -0.25) is 9.69 Å². The molecule has 0 radical (unpaired) electrons. The number of nitrogens with zero attached hydrogens (tertiary/aromatic N) is 4. The monoisotopic (exact) mass is 343 g/mol. The fourth-order valence-corrected chi connectivity index (χ4v) is 2.68. The molecule has 0 saturated carbocycles. The topological polar surface area (TPSA) is 104 Å². The van der Waals surface area contributed by atoms with Crippen molar-refractivity contribution >= 4 is 28.9 Å². The number of carbonyl (C=O) groups is 1. The first-order valence-electron chi connectivity index (χ1n) is 6.95. The van der Waals surface area contributed by atoms with Gasteiger partial charge < -0.3 is 9.84 Å². The van der Waals surface area contributed by atoms with Crippen LogP contribution in [-0.4, -0.2) is 38.2 Å². The number of ether oxygens (including phenoxy) is 1. The second kappa shape index (κ2) is 5.50. The van der Waals surface area contributed by atoms with E-state index < -0.39 is 0 Å².